The van der Waals surface area contributed by atoms with E-state index in [-0.39, 0.29) is 12.2 Å². The van der Waals surface area contributed by atoms with Crippen LogP contribution in [-0.2, 0) is 9.53 Å². The van der Waals surface area contributed by atoms with Gasteiger partial charge in [0, 0.05) is 5.56 Å². The largest absolute Gasteiger partial charge is 0.497 e. The second-order valence-corrected chi connectivity index (χ2v) is 10.1. The fourth-order valence-electron chi connectivity index (χ4n) is 4.74. The van der Waals surface area contributed by atoms with Crippen LogP contribution in [-0.4, -0.2) is 38.0 Å². The molecule has 0 amide bonds. The van der Waals surface area contributed by atoms with Crippen molar-refractivity contribution in [3.63, 3.8) is 0 Å². The molecule has 1 aliphatic heterocycles. The third kappa shape index (κ3) is 5.53. The van der Waals surface area contributed by atoms with E-state index < -0.39 is 12.0 Å². The second kappa shape index (κ2) is 12.3. The van der Waals surface area contributed by atoms with E-state index in [9.17, 15) is 9.59 Å². The molecule has 210 valence electrons. The Balaban J connectivity index is 1.77. The minimum Gasteiger partial charge on any atom is -0.497 e. The average Bonchev–Trinajstić information content (AvgIpc) is 3.31. The van der Waals surface area contributed by atoms with Crippen LogP contribution >= 0.6 is 11.3 Å². The summed E-state index contributed by atoms with van der Waals surface area (Å²) in [6.07, 6.45) is 1.80. The van der Waals surface area contributed by atoms with Crippen LogP contribution in [0.3, 0.4) is 0 Å². The molecule has 0 aliphatic carbocycles. The van der Waals surface area contributed by atoms with Gasteiger partial charge in [0.25, 0.3) is 5.56 Å². The van der Waals surface area contributed by atoms with Crippen molar-refractivity contribution >= 4 is 29.1 Å². The summed E-state index contributed by atoms with van der Waals surface area (Å²) >= 11 is 1.26. The summed E-state index contributed by atoms with van der Waals surface area (Å²) in [7, 11) is 3.16. The Labute approximate surface area is 241 Å². The van der Waals surface area contributed by atoms with Crippen LogP contribution in [0.4, 0.5) is 0 Å². The van der Waals surface area contributed by atoms with E-state index in [1.807, 2.05) is 79.7 Å². The summed E-state index contributed by atoms with van der Waals surface area (Å²) in [5.41, 5.74) is 2.75. The van der Waals surface area contributed by atoms with E-state index in [1.54, 1.807) is 31.8 Å². The molecule has 0 saturated heterocycles. The Morgan fingerprint density at radius 1 is 0.951 bits per heavy atom. The molecule has 1 aromatic heterocycles. The first-order chi connectivity index (χ1) is 20.0. The maximum atomic E-state index is 14.0. The summed E-state index contributed by atoms with van der Waals surface area (Å²) < 4.78 is 24.0. The zero-order valence-electron chi connectivity index (χ0n) is 23.2. The SMILES string of the molecule is CCOC(=O)C1=C(c2ccccc2)N=c2s/c(=C\c3ccc(OCC)c(OC)c3)c(=O)n2[C@@H]1c1ccc(OC)cc1. The van der Waals surface area contributed by atoms with E-state index in [0.29, 0.717) is 44.5 Å². The highest BCUT2D eigenvalue weighted by atomic mass is 32.1. The molecule has 0 unspecified atom stereocenters. The summed E-state index contributed by atoms with van der Waals surface area (Å²) in [6, 6.07) is 21.5. The van der Waals surface area contributed by atoms with Crippen LogP contribution in [0.2, 0.25) is 0 Å². The minimum atomic E-state index is -0.761. The fourth-order valence-corrected chi connectivity index (χ4v) is 5.74. The predicted molar refractivity (Wildman–Crippen MR) is 158 cm³/mol. The standard InChI is InChI=1S/C32H30N2O6S/c1-5-39-24-17-12-20(18-25(24)38-4)19-26-30(35)34-29(22-13-15-23(37-3)16-14-22)27(31(36)40-6-2)28(33-32(34)41-26)21-10-8-7-9-11-21/h7-19,29H,5-6H2,1-4H3/b26-19-/t29-/m1/s1. The average molecular weight is 571 g/mol. The lowest BCUT2D eigenvalue weighted by molar-refractivity contribution is -0.138. The summed E-state index contributed by atoms with van der Waals surface area (Å²) in [5, 5.41) is 0. The number of thiazole rings is 1. The normalized spacial score (nSPS) is 14.7. The van der Waals surface area contributed by atoms with E-state index in [2.05, 4.69) is 0 Å². The second-order valence-electron chi connectivity index (χ2n) is 9.05. The first-order valence-electron chi connectivity index (χ1n) is 13.2. The molecule has 9 heteroatoms. The zero-order valence-corrected chi connectivity index (χ0v) is 24.1. The molecule has 0 fully saturated rings. The van der Waals surface area contributed by atoms with Gasteiger partial charge in [-0.1, -0.05) is 59.9 Å². The number of esters is 1. The molecule has 5 rings (SSSR count). The fraction of sp³-hybridized carbons (Fsp3) is 0.219. The summed E-state index contributed by atoms with van der Waals surface area (Å²) in [6.45, 7) is 4.35. The maximum Gasteiger partial charge on any atom is 0.338 e. The Kier molecular flexibility index (Phi) is 8.35. The van der Waals surface area contributed by atoms with Crippen molar-refractivity contribution in [2.45, 2.75) is 19.9 Å². The lowest BCUT2D eigenvalue weighted by Crippen LogP contribution is -2.40. The Morgan fingerprint density at radius 3 is 2.37 bits per heavy atom. The Bertz CT molecular complexity index is 1770. The number of ether oxygens (including phenoxy) is 4. The molecule has 1 atom stereocenters. The van der Waals surface area contributed by atoms with Crippen LogP contribution < -0.4 is 29.1 Å². The number of hydrogen-bond donors (Lipinski definition) is 0. The molecule has 0 N–H and O–H groups in total. The van der Waals surface area contributed by atoms with Crippen LogP contribution in [0.5, 0.6) is 17.2 Å². The molecule has 4 aromatic rings. The van der Waals surface area contributed by atoms with Gasteiger partial charge in [0.05, 0.1) is 49.3 Å². The number of fused-ring (bicyclic) bond motifs is 1. The highest BCUT2D eigenvalue weighted by Gasteiger charge is 2.35. The van der Waals surface area contributed by atoms with Crippen molar-refractivity contribution in [3.05, 3.63) is 115 Å². The van der Waals surface area contributed by atoms with Crippen LogP contribution in [0.1, 0.15) is 36.6 Å². The summed E-state index contributed by atoms with van der Waals surface area (Å²) in [4.78, 5) is 33.0. The molecule has 8 nitrogen and oxygen atoms in total. The molecule has 0 bridgehead atoms. The molecule has 0 radical (unpaired) electrons. The van der Waals surface area contributed by atoms with Crippen molar-refractivity contribution < 1.29 is 23.7 Å². The third-order valence-corrected chi connectivity index (χ3v) is 7.57. The molecular formula is C32H30N2O6S. The van der Waals surface area contributed by atoms with Gasteiger partial charge >= 0.3 is 5.97 Å². The number of benzene rings is 3. The number of methoxy groups -OCH3 is 2. The highest BCUT2D eigenvalue weighted by molar-refractivity contribution is 7.07. The number of rotatable bonds is 9. The molecule has 3 aromatic carbocycles. The minimum absolute atomic E-state index is 0.184. The van der Waals surface area contributed by atoms with E-state index in [0.717, 1.165) is 16.7 Å². The number of hydrogen-bond acceptors (Lipinski definition) is 8. The molecule has 0 saturated carbocycles. The predicted octanol–water partition coefficient (Wildman–Crippen LogP) is 4.35. The number of nitrogens with zero attached hydrogens (tertiary/aromatic N) is 2. The molecule has 1 aliphatic rings. The first kappa shape index (κ1) is 27.9. The van der Waals surface area contributed by atoms with Crippen molar-refractivity contribution in [1.29, 1.82) is 0 Å². The molecule has 41 heavy (non-hydrogen) atoms. The van der Waals surface area contributed by atoms with Gasteiger partial charge < -0.3 is 18.9 Å². The van der Waals surface area contributed by atoms with Gasteiger partial charge in [0.1, 0.15) is 5.75 Å². The van der Waals surface area contributed by atoms with Crippen LogP contribution in [0.15, 0.2) is 88.2 Å². The van der Waals surface area contributed by atoms with Gasteiger partial charge in [-0.05, 0) is 55.3 Å². The number of aromatic nitrogens is 1. The monoisotopic (exact) mass is 570 g/mol. The first-order valence-corrected chi connectivity index (χ1v) is 14.0. The van der Waals surface area contributed by atoms with Gasteiger partial charge in [-0.2, -0.15) is 0 Å². The van der Waals surface area contributed by atoms with Gasteiger partial charge in [-0.15, -0.1) is 0 Å². The number of carbonyl (C=O) groups is 1. The zero-order chi connectivity index (χ0) is 28.9. The van der Waals surface area contributed by atoms with Crippen molar-refractivity contribution in [1.82, 2.24) is 4.57 Å². The van der Waals surface area contributed by atoms with Crippen LogP contribution in [0, 0.1) is 0 Å². The molecule has 2 heterocycles. The van der Waals surface area contributed by atoms with Gasteiger partial charge in [0.15, 0.2) is 16.3 Å². The van der Waals surface area contributed by atoms with Gasteiger partial charge in [0.2, 0.25) is 0 Å². The van der Waals surface area contributed by atoms with Crippen molar-refractivity contribution in [2.24, 2.45) is 4.99 Å². The quantitative estimate of drug-likeness (QED) is 0.278. The van der Waals surface area contributed by atoms with Gasteiger partial charge in [-0.3, -0.25) is 9.36 Å². The lowest BCUT2D eigenvalue weighted by Gasteiger charge is -2.26. The smallest absolute Gasteiger partial charge is 0.338 e. The number of carbonyl (C=O) groups excluding carboxylic acids is 1. The van der Waals surface area contributed by atoms with Crippen molar-refractivity contribution in [2.75, 3.05) is 27.4 Å². The van der Waals surface area contributed by atoms with Crippen LogP contribution in [0.25, 0.3) is 11.8 Å². The van der Waals surface area contributed by atoms with Gasteiger partial charge in [-0.25, -0.2) is 9.79 Å². The lowest BCUT2D eigenvalue weighted by atomic mass is 9.93. The highest BCUT2D eigenvalue weighted by Crippen LogP contribution is 2.35. The third-order valence-electron chi connectivity index (χ3n) is 6.59. The molecular weight excluding hydrogens is 540 g/mol. The maximum absolute atomic E-state index is 14.0. The van der Waals surface area contributed by atoms with Crippen molar-refractivity contribution in [3.8, 4) is 17.2 Å². The van der Waals surface area contributed by atoms with E-state index in [4.69, 9.17) is 23.9 Å². The Hall–Kier alpha value is -4.63. The Morgan fingerprint density at radius 2 is 1.71 bits per heavy atom. The van der Waals surface area contributed by atoms with E-state index >= 15 is 0 Å². The summed E-state index contributed by atoms with van der Waals surface area (Å²) in [5.74, 6) is 1.33. The van der Waals surface area contributed by atoms with E-state index in [1.165, 1.54) is 11.3 Å². The topological polar surface area (TPSA) is 88.4 Å². The molecule has 0 spiro atoms.